The number of fused-ring (bicyclic) bond motifs is 3. The van der Waals surface area contributed by atoms with E-state index >= 15 is 0 Å². The highest BCUT2D eigenvalue weighted by molar-refractivity contribution is 6.31. The Bertz CT molecular complexity index is 1020. The largest absolute Gasteiger partial charge is 0.325 e. The van der Waals surface area contributed by atoms with Crippen molar-refractivity contribution < 1.29 is 14.0 Å². The Morgan fingerprint density at radius 2 is 1.88 bits per heavy atom. The van der Waals surface area contributed by atoms with E-state index in [2.05, 4.69) is 20.0 Å². The van der Waals surface area contributed by atoms with Gasteiger partial charge in [-0.25, -0.2) is 14.2 Å². The molecule has 1 aromatic carbocycles. The van der Waals surface area contributed by atoms with Gasteiger partial charge in [-0.05, 0) is 19.1 Å². The summed E-state index contributed by atoms with van der Waals surface area (Å²) < 4.78 is 14.1. The number of allylic oxidation sites excluding steroid dienone is 1. The number of guanidine groups is 1. The molecule has 1 aromatic rings. The van der Waals surface area contributed by atoms with Gasteiger partial charge in [-0.1, -0.05) is 17.7 Å². The molecule has 1 N–H and O–H groups in total. The van der Waals surface area contributed by atoms with Crippen LogP contribution in [0.5, 0.6) is 0 Å². The van der Waals surface area contributed by atoms with E-state index in [1.807, 2.05) is 18.0 Å². The lowest BCUT2D eigenvalue weighted by atomic mass is 10.1. The summed E-state index contributed by atoms with van der Waals surface area (Å²) in [6.07, 6.45) is 1.42. The summed E-state index contributed by atoms with van der Waals surface area (Å²) in [7, 11) is 1.65. The summed E-state index contributed by atoms with van der Waals surface area (Å²) in [5.74, 6) is 0.135. The van der Waals surface area contributed by atoms with Crippen LogP contribution < -0.4 is 5.32 Å². The molecule has 4 heterocycles. The van der Waals surface area contributed by atoms with Gasteiger partial charge >= 0.3 is 6.03 Å². The lowest BCUT2D eigenvalue weighted by Gasteiger charge is -2.36. The highest BCUT2D eigenvalue weighted by Gasteiger charge is 2.51. The number of benzene rings is 1. The number of nitrogens with one attached hydrogen (secondary N) is 1. The van der Waals surface area contributed by atoms with Crippen LogP contribution in [0.1, 0.15) is 12.5 Å². The van der Waals surface area contributed by atoms with Crippen molar-refractivity contribution in [3.63, 3.8) is 0 Å². The smallest absolute Gasteiger partial charge is 0.313 e. The average Bonchev–Trinajstić information content (AvgIpc) is 3.29. The van der Waals surface area contributed by atoms with E-state index in [1.165, 1.54) is 11.0 Å². The van der Waals surface area contributed by atoms with E-state index < -0.39 is 18.2 Å². The van der Waals surface area contributed by atoms with Crippen molar-refractivity contribution >= 4 is 29.5 Å². The van der Waals surface area contributed by atoms with Crippen LogP contribution in [0, 0.1) is 5.82 Å². The molecule has 33 heavy (non-hydrogen) atoms. The topological polar surface area (TPSA) is 74.7 Å². The number of carbonyl (C=O) groups is 2. The van der Waals surface area contributed by atoms with Crippen LogP contribution in [0.2, 0.25) is 5.02 Å². The zero-order chi connectivity index (χ0) is 23.3. The molecule has 2 saturated heterocycles. The van der Waals surface area contributed by atoms with E-state index in [0.29, 0.717) is 23.1 Å². The minimum atomic E-state index is -0.531. The van der Waals surface area contributed by atoms with Crippen molar-refractivity contribution in [3.05, 3.63) is 46.5 Å². The van der Waals surface area contributed by atoms with Crippen LogP contribution >= 0.6 is 11.6 Å². The van der Waals surface area contributed by atoms with Gasteiger partial charge in [0.15, 0.2) is 12.2 Å². The Hall–Kier alpha value is -2.69. The van der Waals surface area contributed by atoms with Gasteiger partial charge in [0, 0.05) is 75.3 Å². The first-order valence-electron chi connectivity index (χ1n) is 11.1. The lowest BCUT2D eigenvalue weighted by Crippen LogP contribution is -2.62. The molecular formula is C22H27ClFN7O2. The Morgan fingerprint density at radius 1 is 1.15 bits per heavy atom. The Balaban J connectivity index is 1.17. The Kier molecular flexibility index (Phi) is 5.75. The van der Waals surface area contributed by atoms with Crippen LogP contribution in [-0.2, 0) is 11.3 Å². The summed E-state index contributed by atoms with van der Waals surface area (Å²) in [4.78, 5) is 39.2. The zero-order valence-corrected chi connectivity index (χ0v) is 19.4. The molecule has 9 nitrogen and oxygen atoms in total. The summed E-state index contributed by atoms with van der Waals surface area (Å²) in [5.41, 5.74) is 1.58. The number of nitrogens with zero attached hydrogens (tertiary/aromatic N) is 6. The first-order valence-corrected chi connectivity index (χ1v) is 11.5. The van der Waals surface area contributed by atoms with Gasteiger partial charge in [-0.2, -0.15) is 0 Å². The number of carbonyl (C=O) groups excluding carboxylic acids is 2. The van der Waals surface area contributed by atoms with E-state index in [1.54, 1.807) is 19.2 Å². The van der Waals surface area contributed by atoms with Gasteiger partial charge < -0.3 is 14.7 Å². The number of hydrogen-bond donors (Lipinski definition) is 1. The summed E-state index contributed by atoms with van der Waals surface area (Å²) in [6, 6.07) is 3.85. The van der Waals surface area contributed by atoms with Crippen molar-refractivity contribution in [1.82, 2.24) is 29.8 Å². The Labute approximate surface area is 197 Å². The number of rotatable bonds is 5. The van der Waals surface area contributed by atoms with E-state index in [0.717, 1.165) is 45.0 Å². The van der Waals surface area contributed by atoms with Crippen molar-refractivity contribution in [2.75, 3.05) is 46.3 Å². The van der Waals surface area contributed by atoms with E-state index in [-0.39, 0.29) is 11.7 Å². The molecule has 176 valence electrons. The van der Waals surface area contributed by atoms with E-state index in [4.69, 9.17) is 16.6 Å². The minimum Gasteiger partial charge on any atom is -0.313 e. The molecule has 0 spiro atoms. The van der Waals surface area contributed by atoms with Gasteiger partial charge in [-0.15, -0.1) is 0 Å². The maximum absolute atomic E-state index is 14.1. The minimum absolute atomic E-state index is 0.260. The fourth-order valence-electron chi connectivity index (χ4n) is 4.84. The van der Waals surface area contributed by atoms with Crippen LogP contribution in [0.25, 0.3) is 0 Å². The van der Waals surface area contributed by atoms with Gasteiger partial charge in [0.1, 0.15) is 5.82 Å². The third kappa shape index (κ3) is 3.96. The number of aliphatic imine (C=N–C) groups is 1. The SMILES string of the molecule is CC1=CN2C(=NC3C2C(=O)NC(=O)N3C)N1CCN1CCN(Cc2c(F)cccc2Cl)CC1. The standard InChI is InChI=1S/C22H27ClFN7O2/c1-14-12-31-18-19(27(2)22(33)26-20(18)32)25-21(31)30(14)11-10-28-6-8-29(9-7-28)13-15-16(23)4-3-5-17(15)24/h3-5,12,18-19H,6-11,13H2,1-2H3,(H,26,32,33). The van der Waals surface area contributed by atoms with E-state index in [9.17, 15) is 14.0 Å². The summed E-state index contributed by atoms with van der Waals surface area (Å²) in [5, 5.41) is 2.87. The number of imide groups is 1. The highest BCUT2D eigenvalue weighted by Crippen LogP contribution is 2.31. The first kappa shape index (κ1) is 22.1. The molecule has 3 amide bonds. The molecule has 5 rings (SSSR count). The second-order valence-corrected chi connectivity index (χ2v) is 9.25. The maximum Gasteiger partial charge on any atom is 0.325 e. The fraction of sp³-hybridized carbons (Fsp3) is 0.500. The molecule has 4 aliphatic rings. The molecule has 0 aromatic heterocycles. The number of likely N-dealkylation sites (N-methyl/N-ethyl adjacent to an activating group) is 1. The molecule has 0 aliphatic carbocycles. The second kappa shape index (κ2) is 8.58. The predicted octanol–water partition coefficient (Wildman–Crippen LogP) is 1.32. The van der Waals surface area contributed by atoms with Gasteiger partial charge in [0.05, 0.1) is 0 Å². The molecule has 0 radical (unpaired) electrons. The number of urea groups is 1. The fourth-order valence-corrected chi connectivity index (χ4v) is 5.07. The van der Waals surface area contributed by atoms with Gasteiger partial charge in [0.25, 0.3) is 5.91 Å². The van der Waals surface area contributed by atoms with Gasteiger partial charge in [0.2, 0.25) is 5.96 Å². The lowest BCUT2D eigenvalue weighted by molar-refractivity contribution is -0.126. The molecule has 11 heteroatoms. The molecule has 2 fully saturated rings. The second-order valence-electron chi connectivity index (χ2n) is 8.84. The molecule has 2 unspecified atom stereocenters. The molecular weight excluding hydrogens is 449 g/mol. The molecule has 0 bridgehead atoms. The van der Waals surface area contributed by atoms with Crippen LogP contribution in [0.3, 0.4) is 0 Å². The quantitative estimate of drug-likeness (QED) is 0.692. The normalized spacial score (nSPS) is 25.8. The third-order valence-corrected chi connectivity index (χ3v) is 7.17. The highest BCUT2D eigenvalue weighted by atomic mass is 35.5. The van der Waals surface area contributed by atoms with Crippen LogP contribution in [0.15, 0.2) is 35.1 Å². The maximum atomic E-state index is 14.1. The Morgan fingerprint density at radius 3 is 2.61 bits per heavy atom. The number of amides is 3. The first-order chi connectivity index (χ1) is 15.8. The summed E-state index contributed by atoms with van der Waals surface area (Å²) >= 11 is 6.18. The summed E-state index contributed by atoms with van der Waals surface area (Å²) in [6.45, 7) is 7.51. The monoisotopic (exact) mass is 475 g/mol. The predicted molar refractivity (Wildman–Crippen MR) is 122 cm³/mol. The molecule has 4 aliphatic heterocycles. The van der Waals surface area contributed by atoms with Crippen molar-refractivity contribution in [1.29, 1.82) is 0 Å². The van der Waals surface area contributed by atoms with Crippen molar-refractivity contribution in [2.45, 2.75) is 25.7 Å². The van der Waals surface area contributed by atoms with Crippen molar-refractivity contribution in [3.8, 4) is 0 Å². The van der Waals surface area contributed by atoms with Crippen LogP contribution in [-0.4, -0.2) is 101 Å². The number of hydrogen-bond acceptors (Lipinski definition) is 7. The molecule has 0 saturated carbocycles. The third-order valence-electron chi connectivity index (χ3n) is 6.82. The van der Waals surface area contributed by atoms with Crippen LogP contribution in [0.4, 0.5) is 9.18 Å². The van der Waals surface area contributed by atoms with Gasteiger partial charge in [-0.3, -0.25) is 19.9 Å². The zero-order valence-electron chi connectivity index (χ0n) is 18.7. The number of halogens is 2. The molecule has 2 atom stereocenters. The number of piperazine rings is 1. The average molecular weight is 476 g/mol. The van der Waals surface area contributed by atoms with Crippen molar-refractivity contribution in [2.24, 2.45) is 4.99 Å².